The summed E-state index contributed by atoms with van der Waals surface area (Å²) in [5.74, 6) is 0. The Hall–Kier alpha value is -1.17. The van der Waals surface area contributed by atoms with Crippen LogP contribution in [0.25, 0.3) is 0 Å². The van der Waals surface area contributed by atoms with E-state index in [1.807, 2.05) is 26.0 Å². The van der Waals surface area contributed by atoms with E-state index in [-0.39, 0.29) is 0 Å². The van der Waals surface area contributed by atoms with Crippen molar-refractivity contribution in [1.82, 2.24) is 9.62 Å². The van der Waals surface area contributed by atoms with Crippen LogP contribution in [0.3, 0.4) is 0 Å². The molecule has 110 valence electrons. The Balaban J connectivity index is 2.15. The van der Waals surface area contributed by atoms with Gasteiger partial charge in [0.05, 0.1) is 4.90 Å². The van der Waals surface area contributed by atoms with Crippen molar-refractivity contribution in [2.75, 3.05) is 19.6 Å². The number of hydrogen-bond donors (Lipinski definition) is 1. The Bertz CT molecular complexity index is 576. The minimum atomic E-state index is -3.36. The van der Waals surface area contributed by atoms with Gasteiger partial charge in [0.15, 0.2) is 0 Å². The van der Waals surface area contributed by atoms with Gasteiger partial charge in [0, 0.05) is 19.6 Å². The van der Waals surface area contributed by atoms with Gasteiger partial charge in [0.2, 0.25) is 10.0 Å². The van der Waals surface area contributed by atoms with Crippen molar-refractivity contribution in [3.63, 3.8) is 0 Å². The highest BCUT2D eigenvalue weighted by atomic mass is 32.2. The Morgan fingerprint density at radius 1 is 1.25 bits per heavy atom. The number of benzene rings is 1. The molecule has 0 aliphatic carbocycles. The highest BCUT2D eigenvalue weighted by molar-refractivity contribution is 7.89. The summed E-state index contributed by atoms with van der Waals surface area (Å²) in [6.45, 7) is 6.76. The molecule has 0 saturated heterocycles. The fourth-order valence-corrected chi connectivity index (χ4v) is 3.78. The quantitative estimate of drug-likeness (QED) is 0.846. The minimum absolute atomic E-state index is 0.382. The second kappa shape index (κ2) is 6.52. The van der Waals surface area contributed by atoms with Gasteiger partial charge >= 0.3 is 0 Å². The summed E-state index contributed by atoms with van der Waals surface area (Å²) < 4.78 is 26.6. The molecule has 1 aliphatic rings. The number of hydrogen-bond acceptors (Lipinski definition) is 3. The van der Waals surface area contributed by atoms with Gasteiger partial charge in [-0.2, -0.15) is 4.31 Å². The van der Waals surface area contributed by atoms with Crippen LogP contribution in [0.4, 0.5) is 0 Å². The van der Waals surface area contributed by atoms with E-state index in [1.165, 1.54) is 0 Å². The van der Waals surface area contributed by atoms with Crippen molar-refractivity contribution in [2.24, 2.45) is 0 Å². The SMILES string of the molecule is CCNCc1ccc(S(=O)(=O)N2CCC=C(C)C2)cc1. The first-order valence-electron chi connectivity index (χ1n) is 6.99. The summed E-state index contributed by atoms with van der Waals surface area (Å²) in [5.41, 5.74) is 2.21. The highest BCUT2D eigenvalue weighted by Crippen LogP contribution is 2.20. The van der Waals surface area contributed by atoms with Crippen LogP contribution in [0.2, 0.25) is 0 Å². The van der Waals surface area contributed by atoms with Crippen LogP contribution in [0, 0.1) is 0 Å². The van der Waals surface area contributed by atoms with Gasteiger partial charge in [-0.3, -0.25) is 0 Å². The van der Waals surface area contributed by atoms with Gasteiger partial charge in [-0.25, -0.2) is 8.42 Å². The van der Waals surface area contributed by atoms with E-state index < -0.39 is 10.0 Å². The van der Waals surface area contributed by atoms with Gasteiger partial charge in [0.25, 0.3) is 0 Å². The van der Waals surface area contributed by atoms with Crippen LogP contribution >= 0.6 is 0 Å². The predicted molar refractivity (Wildman–Crippen MR) is 81.0 cm³/mol. The molecule has 1 aromatic rings. The monoisotopic (exact) mass is 294 g/mol. The molecule has 1 N–H and O–H groups in total. The summed E-state index contributed by atoms with van der Waals surface area (Å²) >= 11 is 0. The van der Waals surface area contributed by atoms with Gasteiger partial charge in [0.1, 0.15) is 0 Å². The maximum absolute atomic E-state index is 12.5. The first-order chi connectivity index (χ1) is 9.54. The zero-order chi connectivity index (χ0) is 14.6. The summed E-state index contributed by atoms with van der Waals surface area (Å²) in [5, 5.41) is 3.22. The average molecular weight is 294 g/mol. The fraction of sp³-hybridized carbons (Fsp3) is 0.467. The Morgan fingerprint density at radius 3 is 2.55 bits per heavy atom. The maximum atomic E-state index is 12.5. The number of nitrogens with one attached hydrogen (secondary N) is 1. The minimum Gasteiger partial charge on any atom is -0.313 e. The molecule has 1 heterocycles. The summed E-state index contributed by atoms with van der Waals surface area (Å²) in [4.78, 5) is 0.382. The standard InChI is InChI=1S/C15H22N2O2S/c1-3-16-11-14-6-8-15(9-7-14)20(18,19)17-10-4-5-13(2)12-17/h5-9,16H,3-4,10-12H2,1-2H3. The Kier molecular flexibility index (Phi) is 4.96. The van der Waals surface area contributed by atoms with E-state index >= 15 is 0 Å². The highest BCUT2D eigenvalue weighted by Gasteiger charge is 2.25. The van der Waals surface area contributed by atoms with Crippen molar-refractivity contribution in [2.45, 2.75) is 31.7 Å². The van der Waals surface area contributed by atoms with Crippen LogP contribution in [0.1, 0.15) is 25.8 Å². The molecule has 1 aliphatic heterocycles. The van der Waals surface area contributed by atoms with Crippen molar-refractivity contribution < 1.29 is 8.42 Å². The van der Waals surface area contributed by atoms with Crippen LogP contribution in [0.5, 0.6) is 0 Å². The van der Waals surface area contributed by atoms with Crippen molar-refractivity contribution >= 4 is 10.0 Å². The molecule has 0 amide bonds. The number of nitrogens with zero attached hydrogens (tertiary/aromatic N) is 1. The first kappa shape index (κ1) is 15.2. The van der Waals surface area contributed by atoms with Crippen LogP contribution in [-0.2, 0) is 16.6 Å². The van der Waals surface area contributed by atoms with E-state index in [2.05, 4.69) is 11.4 Å². The number of sulfonamides is 1. The van der Waals surface area contributed by atoms with E-state index in [0.717, 1.165) is 30.6 Å². The molecule has 1 aromatic carbocycles. The normalized spacial score (nSPS) is 17.0. The summed E-state index contributed by atoms with van der Waals surface area (Å²) in [7, 11) is -3.36. The zero-order valence-corrected chi connectivity index (χ0v) is 12.9. The lowest BCUT2D eigenvalue weighted by Crippen LogP contribution is -2.35. The zero-order valence-electron chi connectivity index (χ0n) is 12.1. The van der Waals surface area contributed by atoms with Crippen LogP contribution in [0.15, 0.2) is 40.8 Å². The second-order valence-corrected chi connectivity index (χ2v) is 7.04. The molecule has 4 nitrogen and oxygen atoms in total. The van der Waals surface area contributed by atoms with Gasteiger partial charge < -0.3 is 5.32 Å². The van der Waals surface area contributed by atoms with Crippen LogP contribution in [-0.4, -0.2) is 32.4 Å². The summed E-state index contributed by atoms with van der Waals surface area (Å²) in [6, 6.07) is 7.16. The third kappa shape index (κ3) is 3.48. The molecule has 0 atom stereocenters. The average Bonchev–Trinajstić information content (AvgIpc) is 2.45. The molecule has 0 spiro atoms. The lowest BCUT2D eigenvalue weighted by molar-refractivity contribution is 0.428. The van der Waals surface area contributed by atoms with Gasteiger partial charge in [-0.15, -0.1) is 0 Å². The molecule has 0 saturated carbocycles. The Labute approximate surface area is 121 Å². The fourth-order valence-electron chi connectivity index (χ4n) is 2.28. The third-order valence-electron chi connectivity index (χ3n) is 3.44. The molecule has 20 heavy (non-hydrogen) atoms. The van der Waals surface area contributed by atoms with E-state index in [1.54, 1.807) is 16.4 Å². The summed E-state index contributed by atoms with van der Waals surface area (Å²) in [6.07, 6.45) is 2.90. The molecule has 0 unspecified atom stereocenters. The molecular weight excluding hydrogens is 272 g/mol. The Morgan fingerprint density at radius 2 is 1.95 bits per heavy atom. The lowest BCUT2D eigenvalue weighted by atomic mass is 10.2. The first-order valence-corrected chi connectivity index (χ1v) is 8.43. The molecule has 5 heteroatoms. The molecule has 0 bridgehead atoms. The molecule has 0 fully saturated rings. The maximum Gasteiger partial charge on any atom is 0.243 e. The van der Waals surface area contributed by atoms with Crippen molar-refractivity contribution in [1.29, 1.82) is 0 Å². The molecule has 0 aromatic heterocycles. The van der Waals surface area contributed by atoms with E-state index in [9.17, 15) is 8.42 Å². The van der Waals surface area contributed by atoms with Crippen LogP contribution < -0.4 is 5.32 Å². The van der Waals surface area contributed by atoms with Crippen molar-refractivity contribution in [3.05, 3.63) is 41.5 Å². The van der Waals surface area contributed by atoms with Gasteiger partial charge in [-0.1, -0.05) is 30.7 Å². The lowest BCUT2D eigenvalue weighted by Gasteiger charge is -2.25. The predicted octanol–water partition coefficient (Wildman–Crippen LogP) is 2.14. The van der Waals surface area contributed by atoms with Crippen molar-refractivity contribution in [3.8, 4) is 0 Å². The molecule has 0 radical (unpaired) electrons. The topological polar surface area (TPSA) is 49.4 Å². The molecule has 2 rings (SSSR count). The third-order valence-corrected chi connectivity index (χ3v) is 5.30. The largest absolute Gasteiger partial charge is 0.313 e. The molecular formula is C15H22N2O2S. The van der Waals surface area contributed by atoms with E-state index in [4.69, 9.17) is 0 Å². The van der Waals surface area contributed by atoms with E-state index in [0.29, 0.717) is 18.0 Å². The van der Waals surface area contributed by atoms with Gasteiger partial charge in [-0.05, 0) is 37.6 Å². The number of rotatable bonds is 5. The second-order valence-electron chi connectivity index (χ2n) is 5.10. The smallest absolute Gasteiger partial charge is 0.243 e.